The van der Waals surface area contributed by atoms with Crippen molar-refractivity contribution in [3.63, 3.8) is 0 Å². The number of esters is 1. The van der Waals surface area contributed by atoms with Gasteiger partial charge >= 0.3 is 13.8 Å². The van der Waals surface area contributed by atoms with E-state index in [9.17, 15) is 39.8 Å². The van der Waals surface area contributed by atoms with Gasteiger partial charge in [0.1, 0.15) is 42.7 Å². The largest absolute Gasteiger partial charge is 0.472 e. The molecule has 0 saturated heterocycles. The first kappa shape index (κ1) is 53.5. The first-order chi connectivity index (χ1) is 28.0. The maximum Gasteiger partial charge on any atom is 0.472 e. The van der Waals surface area contributed by atoms with Gasteiger partial charge in [0, 0.05) is 13.0 Å². The van der Waals surface area contributed by atoms with Crippen molar-refractivity contribution in [1.82, 2.24) is 0 Å². The molecule has 0 aliphatic heterocycles. The van der Waals surface area contributed by atoms with E-state index in [-0.39, 0.29) is 13.0 Å². The third kappa shape index (κ3) is 27.3. The van der Waals surface area contributed by atoms with Crippen molar-refractivity contribution < 1.29 is 58.3 Å². The predicted octanol–water partition coefficient (Wildman–Crippen LogP) is 8.19. The Hall–Kier alpha value is -2.48. The predicted molar refractivity (Wildman–Crippen MR) is 230 cm³/mol. The zero-order valence-corrected chi connectivity index (χ0v) is 35.9. The lowest BCUT2D eigenvalue weighted by atomic mass is 9.85. The number of carbonyl (C=O) groups excluding carboxylic acids is 1. The molecule has 1 saturated carbocycles. The zero-order chi connectivity index (χ0) is 42.7. The van der Waals surface area contributed by atoms with Crippen LogP contribution in [0.1, 0.15) is 129 Å². The number of allylic oxidation sites excluding steroid dienone is 14. The van der Waals surface area contributed by atoms with Gasteiger partial charge < -0.3 is 39.9 Å². The summed E-state index contributed by atoms with van der Waals surface area (Å²) in [5.41, 5.74) is 0. The third-order valence-corrected chi connectivity index (χ3v) is 10.2. The molecule has 0 bridgehead atoms. The summed E-state index contributed by atoms with van der Waals surface area (Å²) in [5, 5.41) is 50.1. The Morgan fingerprint density at radius 2 is 0.966 bits per heavy atom. The molecule has 0 aromatic heterocycles. The summed E-state index contributed by atoms with van der Waals surface area (Å²) in [4.78, 5) is 23.1. The molecule has 6 atom stereocenters. The van der Waals surface area contributed by atoms with E-state index in [0.29, 0.717) is 13.0 Å². The van der Waals surface area contributed by atoms with Crippen molar-refractivity contribution in [2.75, 3.05) is 19.8 Å². The van der Waals surface area contributed by atoms with Crippen molar-refractivity contribution in [3.8, 4) is 0 Å². The van der Waals surface area contributed by atoms with Crippen LogP contribution in [-0.4, -0.2) is 98.9 Å². The second-order valence-corrected chi connectivity index (χ2v) is 15.8. The Kier molecular flexibility index (Phi) is 32.6. The lowest BCUT2D eigenvalue weighted by Gasteiger charge is -2.41. The van der Waals surface area contributed by atoms with Crippen LogP contribution in [0, 0.1) is 0 Å². The molecule has 332 valence electrons. The quantitative estimate of drug-likeness (QED) is 0.0158. The number of carbonyl (C=O) groups is 1. The minimum atomic E-state index is -5.04. The van der Waals surface area contributed by atoms with Crippen LogP contribution in [-0.2, 0) is 27.9 Å². The van der Waals surface area contributed by atoms with Crippen LogP contribution in [0.15, 0.2) is 85.1 Å². The zero-order valence-electron chi connectivity index (χ0n) is 35.1. The molecular formula is C45H75O12P. The summed E-state index contributed by atoms with van der Waals surface area (Å²) < 4.78 is 34.0. The summed E-state index contributed by atoms with van der Waals surface area (Å²) in [6, 6.07) is 0. The number of phosphoric ester groups is 1. The molecule has 1 rings (SSSR count). The first-order valence-corrected chi connectivity index (χ1v) is 22.9. The molecule has 0 amide bonds. The number of hydrogen-bond donors (Lipinski definition) is 6. The Morgan fingerprint density at radius 1 is 0.552 bits per heavy atom. The van der Waals surface area contributed by atoms with E-state index in [4.69, 9.17) is 18.5 Å². The highest BCUT2D eigenvalue weighted by atomic mass is 31.2. The van der Waals surface area contributed by atoms with Crippen molar-refractivity contribution in [3.05, 3.63) is 85.1 Å². The van der Waals surface area contributed by atoms with Crippen molar-refractivity contribution in [2.24, 2.45) is 0 Å². The molecule has 0 aromatic rings. The van der Waals surface area contributed by atoms with E-state index >= 15 is 0 Å². The van der Waals surface area contributed by atoms with Crippen LogP contribution >= 0.6 is 7.82 Å². The number of ether oxygens (including phenoxy) is 2. The number of aliphatic hydroxyl groups is 5. The maximum atomic E-state index is 12.8. The molecule has 1 aliphatic rings. The highest BCUT2D eigenvalue weighted by molar-refractivity contribution is 7.47. The number of hydrogen-bond acceptors (Lipinski definition) is 11. The number of rotatable bonds is 34. The van der Waals surface area contributed by atoms with Gasteiger partial charge in [-0.05, 0) is 83.5 Å². The maximum absolute atomic E-state index is 12.8. The summed E-state index contributed by atoms with van der Waals surface area (Å²) in [5.74, 6) is -0.527. The van der Waals surface area contributed by atoms with Crippen molar-refractivity contribution in [2.45, 2.75) is 172 Å². The van der Waals surface area contributed by atoms with Crippen LogP contribution in [0.2, 0.25) is 0 Å². The lowest BCUT2D eigenvalue weighted by Crippen LogP contribution is -2.64. The van der Waals surface area contributed by atoms with Gasteiger partial charge in [0.25, 0.3) is 0 Å². The number of unbranched alkanes of at least 4 members (excludes halogenated alkanes) is 8. The van der Waals surface area contributed by atoms with E-state index in [1.165, 1.54) is 0 Å². The van der Waals surface area contributed by atoms with Gasteiger partial charge in [-0.1, -0.05) is 125 Å². The van der Waals surface area contributed by atoms with Crippen LogP contribution in [0.5, 0.6) is 0 Å². The van der Waals surface area contributed by atoms with Gasteiger partial charge in [0.2, 0.25) is 0 Å². The molecule has 1 aliphatic carbocycles. The SMILES string of the molecule is CC/C=C\C/C=C\C/C=C\C/C=C\CCCCC(=O)OC(COCCCCCCCC/C=C\C/C=C\C/C=C\CC)COP(=O)(O)OC1C(O)C(O)C(O)C(O)C1O. The van der Waals surface area contributed by atoms with Crippen LogP contribution in [0.4, 0.5) is 0 Å². The highest BCUT2D eigenvalue weighted by Gasteiger charge is 2.51. The molecule has 1 fully saturated rings. The monoisotopic (exact) mass is 838 g/mol. The minimum Gasteiger partial charge on any atom is -0.457 e. The van der Waals surface area contributed by atoms with Crippen LogP contribution in [0.3, 0.4) is 0 Å². The second kappa shape index (κ2) is 35.3. The van der Waals surface area contributed by atoms with Gasteiger partial charge in [-0.15, -0.1) is 0 Å². The Morgan fingerprint density at radius 3 is 1.47 bits per heavy atom. The summed E-state index contributed by atoms with van der Waals surface area (Å²) in [7, 11) is -5.04. The molecule has 0 spiro atoms. The molecule has 0 aromatic carbocycles. The van der Waals surface area contributed by atoms with E-state index < -0.39 is 63.1 Å². The first-order valence-electron chi connectivity index (χ1n) is 21.4. The van der Waals surface area contributed by atoms with E-state index in [1.54, 1.807) is 0 Å². The Bertz CT molecular complexity index is 1280. The van der Waals surface area contributed by atoms with Crippen molar-refractivity contribution >= 4 is 13.8 Å². The average molecular weight is 839 g/mol. The fraction of sp³-hybridized carbons (Fsp3) is 0.667. The van der Waals surface area contributed by atoms with Gasteiger partial charge in [-0.25, -0.2) is 4.57 Å². The normalized spacial score (nSPS) is 23.5. The fourth-order valence-corrected chi connectivity index (χ4v) is 6.86. The Balaban J connectivity index is 2.48. The topological polar surface area (TPSA) is 192 Å². The van der Waals surface area contributed by atoms with E-state index in [0.717, 1.165) is 103 Å². The van der Waals surface area contributed by atoms with E-state index in [1.807, 2.05) is 0 Å². The third-order valence-electron chi connectivity index (χ3n) is 9.26. The molecular weight excluding hydrogens is 763 g/mol. The highest BCUT2D eigenvalue weighted by Crippen LogP contribution is 2.47. The smallest absolute Gasteiger partial charge is 0.457 e. The average Bonchev–Trinajstić information content (AvgIpc) is 3.21. The lowest BCUT2D eigenvalue weighted by molar-refractivity contribution is -0.220. The second-order valence-electron chi connectivity index (χ2n) is 14.4. The fourth-order valence-electron chi connectivity index (χ4n) is 5.89. The minimum absolute atomic E-state index is 0.108. The van der Waals surface area contributed by atoms with Gasteiger partial charge in [-0.3, -0.25) is 13.8 Å². The van der Waals surface area contributed by atoms with Gasteiger partial charge in [0.05, 0.1) is 13.2 Å². The number of aliphatic hydroxyl groups excluding tert-OH is 5. The molecule has 12 nitrogen and oxygen atoms in total. The van der Waals surface area contributed by atoms with Gasteiger partial charge in [-0.2, -0.15) is 0 Å². The summed E-state index contributed by atoms with van der Waals surface area (Å²) >= 11 is 0. The molecule has 13 heteroatoms. The number of phosphoric acid groups is 1. The molecule has 0 radical (unpaired) electrons. The molecule has 0 heterocycles. The van der Waals surface area contributed by atoms with E-state index in [2.05, 4.69) is 98.9 Å². The van der Waals surface area contributed by atoms with Crippen molar-refractivity contribution in [1.29, 1.82) is 0 Å². The summed E-state index contributed by atoms with van der Waals surface area (Å²) in [6.45, 7) is 3.93. The summed E-state index contributed by atoms with van der Waals surface area (Å²) in [6.07, 6.45) is 33.7. The standard InChI is InChI=1S/C45H75O12P/c1-3-5-7-9-11-13-15-17-19-21-23-25-27-29-31-33-35-54-36-38(37-55-58(52,53)57-45-43(50)41(48)40(47)42(49)44(45)51)56-39(46)34-32-30-28-26-24-22-20-18-16-14-12-10-8-6-4-2/h5-8,11-14,17-20,24,26,38,40-45,47-51H,3-4,9-10,15-16,21-23,25,27-37H2,1-2H3,(H,52,53)/b7-5-,8-6-,13-11-,14-12-,19-17-,20-18-,26-24-. The molecule has 6 unspecified atom stereocenters. The van der Waals surface area contributed by atoms with Crippen LogP contribution < -0.4 is 0 Å². The molecule has 58 heavy (non-hydrogen) atoms. The van der Waals surface area contributed by atoms with Gasteiger partial charge in [0.15, 0.2) is 0 Å². The van der Waals surface area contributed by atoms with Crippen LogP contribution in [0.25, 0.3) is 0 Å². The Labute approximate surface area is 348 Å². The molecule has 6 N–H and O–H groups in total.